The van der Waals surface area contributed by atoms with Crippen molar-refractivity contribution in [3.05, 3.63) is 36.2 Å². The lowest BCUT2D eigenvalue weighted by molar-refractivity contribution is 0.602. The summed E-state index contributed by atoms with van der Waals surface area (Å²) in [4.78, 5) is 0.326. The van der Waals surface area contributed by atoms with Crippen LogP contribution in [0.5, 0.6) is 0 Å². The topological polar surface area (TPSA) is 58.2 Å². The van der Waals surface area contributed by atoms with E-state index in [2.05, 4.69) is 10.6 Å². The van der Waals surface area contributed by atoms with Crippen LogP contribution >= 0.6 is 12.4 Å². The van der Waals surface area contributed by atoms with Gasteiger partial charge in [0.15, 0.2) is 9.84 Å². The molecule has 0 bridgehead atoms. The smallest absolute Gasteiger partial charge is 0.175 e. The summed E-state index contributed by atoms with van der Waals surface area (Å²) in [5.74, 6) is 0. The normalized spacial score (nSPS) is 9.95. The van der Waals surface area contributed by atoms with Crippen molar-refractivity contribution < 1.29 is 8.42 Å². The number of allylic oxidation sites excluding steroid dienone is 1. The SMILES string of the molecule is CC.CC.CN/C(C)=C\Nc1ccc(S(C)(=O)=O)cc1.Cl. The molecule has 0 aliphatic rings. The minimum absolute atomic E-state index is 0. The van der Waals surface area contributed by atoms with Gasteiger partial charge in [-0.2, -0.15) is 0 Å². The lowest BCUT2D eigenvalue weighted by atomic mass is 10.3. The summed E-state index contributed by atoms with van der Waals surface area (Å²) in [5.41, 5.74) is 1.84. The highest BCUT2D eigenvalue weighted by Gasteiger charge is 2.05. The Morgan fingerprint density at radius 1 is 1.05 bits per heavy atom. The summed E-state index contributed by atoms with van der Waals surface area (Å²) < 4.78 is 22.4. The van der Waals surface area contributed by atoms with Crippen molar-refractivity contribution in [1.29, 1.82) is 0 Å². The van der Waals surface area contributed by atoms with Crippen LogP contribution < -0.4 is 10.6 Å². The summed E-state index contributed by atoms with van der Waals surface area (Å²) >= 11 is 0. The molecule has 0 radical (unpaired) electrons. The Morgan fingerprint density at radius 3 is 1.81 bits per heavy atom. The van der Waals surface area contributed by atoms with Crippen molar-refractivity contribution in [3.8, 4) is 0 Å². The van der Waals surface area contributed by atoms with Gasteiger partial charge < -0.3 is 10.6 Å². The number of anilines is 1. The number of nitrogens with one attached hydrogen (secondary N) is 2. The van der Waals surface area contributed by atoms with E-state index in [1.807, 2.05) is 47.9 Å². The summed E-state index contributed by atoms with van der Waals surface area (Å²) in [6.07, 6.45) is 3.01. The van der Waals surface area contributed by atoms with Gasteiger partial charge in [0.2, 0.25) is 0 Å². The second-order valence-corrected chi connectivity index (χ2v) is 5.53. The molecule has 6 heteroatoms. The Hall–Kier alpha value is -1.20. The quantitative estimate of drug-likeness (QED) is 0.870. The first-order valence-electron chi connectivity index (χ1n) is 6.84. The molecule has 0 atom stereocenters. The van der Waals surface area contributed by atoms with Gasteiger partial charge in [-0.05, 0) is 31.2 Å². The van der Waals surface area contributed by atoms with Gasteiger partial charge in [-0.25, -0.2) is 8.42 Å². The monoisotopic (exact) mass is 336 g/mol. The molecule has 0 spiro atoms. The van der Waals surface area contributed by atoms with Crippen LogP contribution in [0.15, 0.2) is 41.1 Å². The number of hydrogen-bond donors (Lipinski definition) is 2. The van der Waals surface area contributed by atoms with Crippen molar-refractivity contribution in [2.75, 3.05) is 18.6 Å². The average Bonchev–Trinajstić information content (AvgIpc) is 2.48. The van der Waals surface area contributed by atoms with Crippen LogP contribution in [0.2, 0.25) is 0 Å². The predicted octanol–water partition coefficient (Wildman–Crippen LogP) is 4.06. The maximum Gasteiger partial charge on any atom is 0.175 e. The maximum atomic E-state index is 11.2. The molecular weight excluding hydrogens is 308 g/mol. The van der Waals surface area contributed by atoms with E-state index < -0.39 is 9.84 Å². The summed E-state index contributed by atoms with van der Waals surface area (Å²) in [5, 5.41) is 6.03. The molecule has 1 aromatic rings. The van der Waals surface area contributed by atoms with Gasteiger partial charge in [-0.3, -0.25) is 0 Å². The molecule has 2 N–H and O–H groups in total. The van der Waals surface area contributed by atoms with E-state index in [1.165, 1.54) is 6.26 Å². The van der Waals surface area contributed by atoms with Gasteiger partial charge in [0.1, 0.15) is 0 Å². The highest BCUT2D eigenvalue weighted by Crippen LogP contribution is 2.13. The van der Waals surface area contributed by atoms with Gasteiger partial charge in [0.25, 0.3) is 0 Å². The molecule has 4 nitrogen and oxygen atoms in total. The van der Waals surface area contributed by atoms with Crippen molar-refractivity contribution in [2.45, 2.75) is 39.5 Å². The number of halogens is 1. The summed E-state index contributed by atoms with van der Waals surface area (Å²) in [7, 11) is -1.28. The predicted molar refractivity (Wildman–Crippen MR) is 95.9 cm³/mol. The molecule has 21 heavy (non-hydrogen) atoms. The van der Waals surface area contributed by atoms with Gasteiger partial charge in [-0.15, -0.1) is 12.4 Å². The van der Waals surface area contributed by atoms with E-state index in [0.717, 1.165) is 11.4 Å². The van der Waals surface area contributed by atoms with Crippen molar-refractivity contribution in [2.24, 2.45) is 0 Å². The molecule has 1 aromatic carbocycles. The van der Waals surface area contributed by atoms with Crippen LogP contribution in [0, 0.1) is 0 Å². The lowest BCUT2D eigenvalue weighted by Crippen LogP contribution is -2.04. The first-order valence-corrected chi connectivity index (χ1v) is 8.74. The largest absolute Gasteiger partial charge is 0.390 e. The zero-order chi connectivity index (χ0) is 16.2. The molecular formula is C15H29ClN2O2S. The lowest BCUT2D eigenvalue weighted by Gasteiger charge is -2.04. The minimum atomic E-state index is -3.11. The molecule has 0 aromatic heterocycles. The fourth-order valence-electron chi connectivity index (χ4n) is 1.06. The first-order chi connectivity index (χ1) is 9.43. The second-order valence-electron chi connectivity index (χ2n) is 3.52. The number of rotatable bonds is 4. The maximum absolute atomic E-state index is 11.2. The number of hydrogen-bond acceptors (Lipinski definition) is 4. The summed E-state index contributed by atoms with van der Waals surface area (Å²) in [6.45, 7) is 9.93. The number of benzene rings is 1. The molecule has 0 amide bonds. The van der Waals surface area contributed by atoms with Crippen molar-refractivity contribution in [3.63, 3.8) is 0 Å². The zero-order valence-electron chi connectivity index (χ0n) is 14.0. The van der Waals surface area contributed by atoms with Gasteiger partial charge >= 0.3 is 0 Å². The fourth-order valence-corrected chi connectivity index (χ4v) is 1.69. The number of sulfone groups is 1. The van der Waals surface area contributed by atoms with Gasteiger partial charge in [-0.1, -0.05) is 27.7 Å². The van der Waals surface area contributed by atoms with E-state index in [4.69, 9.17) is 0 Å². The Labute approximate surface area is 136 Å². The molecule has 0 unspecified atom stereocenters. The van der Waals surface area contributed by atoms with E-state index in [1.54, 1.807) is 24.3 Å². The second kappa shape index (κ2) is 13.8. The third kappa shape index (κ3) is 11.2. The van der Waals surface area contributed by atoms with E-state index in [0.29, 0.717) is 4.90 Å². The van der Waals surface area contributed by atoms with Crippen LogP contribution in [-0.2, 0) is 9.84 Å². The van der Waals surface area contributed by atoms with Crippen LogP contribution in [-0.4, -0.2) is 21.7 Å². The van der Waals surface area contributed by atoms with Crippen LogP contribution in [0.25, 0.3) is 0 Å². The zero-order valence-corrected chi connectivity index (χ0v) is 15.7. The molecule has 0 fully saturated rings. The molecule has 0 saturated heterocycles. The van der Waals surface area contributed by atoms with E-state index >= 15 is 0 Å². The highest BCUT2D eigenvalue weighted by molar-refractivity contribution is 7.90. The Kier molecular flexibility index (Phi) is 16.3. The Morgan fingerprint density at radius 2 is 1.48 bits per heavy atom. The molecule has 0 saturated carbocycles. The Bertz CT molecular complexity index is 483. The van der Waals surface area contributed by atoms with E-state index in [9.17, 15) is 8.42 Å². The molecule has 0 aliphatic carbocycles. The van der Waals surface area contributed by atoms with Crippen LogP contribution in [0.1, 0.15) is 34.6 Å². The average molecular weight is 337 g/mol. The van der Waals surface area contributed by atoms with E-state index in [-0.39, 0.29) is 12.4 Å². The van der Waals surface area contributed by atoms with Crippen molar-refractivity contribution in [1.82, 2.24) is 5.32 Å². The van der Waals surface area contributed by atoms with Gasteiger partial charge in [0.05, 0.1) is 4.90 Å². The van der Waals surface area contributed by atoms with Crippen molar-refractivity contribution >= 4 is 27.9 Å². The minimum Gasteiger partial charge on any atom is -0.390 e. The summed E-state index contributed by atoms with van der Waals surface area (Å²) in [6, 6.07) is 6.63. The Balaban J connectivity index is -0.000000595. The third-order valence-corrected chi connectivity index (χ3v) is 3.26. The molecule has 0 aliphatic heterocycles. The van der Waals surface area contributed by atoms with Crippen LogP contribution in [0.3, 0.4) is 0 Å². The standard InChI is InChI=1S/C11H16N2O2S.2C2H6.ClH/c1-9(12-2)8-13-10-4-6-11(7-5-10)16(3,14)15;2*1-2;/h4-8,12-13H,1-3H3;2*1-2H3;1H/b9-8-;;;. The molecule has 124 valence electrons. The fraction of sp³-hybridized carbons (Fsp3) is 0.467. The molecule has 1 rings (SSSR count). The first kappa shape index (κ1) is 24.8. The van der Waals surface area contributed by atoms with Gasteiger partial charge in [0, 0.05) is 30.9 Å². The highest BCUT2D eigenvalue weighted by atomic mass is 35.5. The third-order valence-electron chi connectivity index (χ3n) is 2.13. The van der Waals surface area contributed by atoms with Crippen LogP contribution in [0.4, 0.5) is 5.69 Å². The molecule has 0 heterocycles.